The molecule has 0 aromatic rings. The highest BCUT2D eigenvalue weighted by molar-refractivity contribution is 5.84. The van der Waals surface area contributed by atoms with E-state index in [0.717, 1.165) is 31.5 Å². The monoisotopic (exact) mass is 281 g/mol. The molecule has 0 aromatic carbocycles. The van der Waals surface area contributed by atoms with Gasteiger partial charge in [0.05, 0.1) is 5.54 Å². The third-order valence-corrected chi connectivity index (χ3v) is 5.37. The molecule has 3 atom stereocenters. The van der Waals surface area contributed by atoms with Crippen molar-refractivity contribution in [1.82, 2.24) is 10.2 Å². The van der Waals surface area contributed by atoms with Crippen molar-refractivity contribution in [3.05, 3.63) is 0 Å². The van der Waals surface area contributed by atoms with Gasteiger partial charge in [0.15, 0.2) is 0 Å². The zero-order valence-corrected chi connectivity index (χ0v) is 13.2. The summed E-state index contributed by atoms with van der Waals surface area (Å²) in [5.41, 5.74) is 5.03. The van der Waals surface area contributed by atoms with Gasteiger partial charge in [-0.25, -0.2) is 0 Å². The summed E-state index contributed by atoms with van der Waals surface area (Å²) in [6, 6.07) is 0.760. The molecule has 3 unspecified atom stereocenters. The first-order valence-corrected chi connectivity index (χ1v) is 8.36. The second-order valence-electron chi connectivity index (χ2n) is 6.77. The molecule has 0 bridgehead atoms. The summed E-state index contributed by atoms with van der Waals surface area (Å²) in [6.45, 7) is 6.95. The Labute approximate surface area is 123 Å². The summed E-state index contributed by atoms with van der Waals surface area (Å²) in [5, 5.41) is 3.27. The Balaban J connectivity index is 1.92. The molecule has 0 aromatic heterocycles. The van der Waals surface area contributed by atoms with Crippen LogP contribution in [0.3, 0.4) is 0 Å². The molecular formula is C16H31N3O. The minimum atomic E-state index is -0.559. The average Bonchev–Trinajstić information content (AvgIpc) is 2.45. The topological polar surface area (TPSA) is 58.4 Å². The number of carbonyl (C=O) groups is 1. The summed E-state index contributed by atoms with van der Waals surface area (Å²) >= 11 is 0. The number of nitrogens with one attached hydrogen (secondary N) is 1. The van der Waals surface area contributed by atoms with Crippen molar-refractivity contribution in [2.24, 2.45) is 11.7 Å². The number of primary amides is 1. The van der Waals surface area contributed by atoms with Gasteiger partial charge >= 0.3 is 0 Å². The maximum Gasteiger partial charge on any atom is 0.237 e. The fourth-order valence-electron chi connectivity index (χ4n) is 4.06. The molecular weight excluding hydrogens is 250 g/mol. The fraction of sp³-hybridized carbons (Fsp3) is 0.938. The number of hydrogen-bond acceptors (Lipinski definition) is 3. The van der Waals surface area contributed by atoms with Gasteiger partial charge in [0.2, 0.25) is 5.91 Å². The fourth-order valence-corrected chi connectivity index (χ4v) is 4.06. The van der Waals surface area contributed by atoms with E-state index in [9.17, 15) is 4.79 Å². The van der Waals surface area contributed by atoms with E-state index in [0.29, 0.717) is 0 Å². The Morgan fingerprint density at radius 3 is 2.70 bits per heavy atom. The molecule has 1 amide bonds. The number of amides is 1. The van der Waals surface area contributed by atoms with Crippen molar-refractivity contribution in [2.75, 3.05) is 19.6 Å². The van der Waals surface area contributed by atoms with Crippen LogP contribution in [-0.4, -0.2) is 42.0 Å². The Bertz CT molecular complexity index is 332. The number of likely N-dealkylation sites (tertiary alicyclic amines) is 1. The molecule has 2 fully saturated rings. The van der Waals surface area contributed by atoms with E-state index in [-0.39, 0.29) is 5.91 Å². The zero-order chi connectivity index (χ0) is 14.6. The van der Waals surface area contributed by atoms with Crippen molar-refractivity contribution in [1.29, 1.82) is 0 Å². The normalized spacial score (nSPS) is 30.5. The van der Waals surface area contributed by atoms with Gasteiger partial charge in [0.25, 0.3) is 0 Å². The van der Waals surface area contributed by atoms with Gasteiger partial charge in [0.1, 0.15) is 0 Å². The van der Waals surface area contributed by atoms with Crippen LogP contribution in [0.1, 0.15) is 58.8 Å². The standard InChI is InChI=1S/C16H31N3O/c1-3-18-16(2,15(17)20)10-12-19-11-6-8-13-7-4-5-9-14(13)19/h13-14,18H,3-12H2,1-2H3,(H2,17,20). The molecule has 2 rings (SSSR count). The maximum absolute atomic E-state index is 11.7. The summed E-state index contributed by atoms with van der Waals surface area (Å²) in [5.74, 6) is 0.674. The first-order valence-electron chi connectivity index (χ1n) is 8.36. The molecule has 1 aliphatic heterocycles. The molecule has 4 heteroatoms. The minimum Gasteiger partial charge on any atom is -0.368 e. The van der Waals surface area contributed by atoms with Gasteiger partial charge in [-0.2, -0.15) is 0 Å². The summed E-state index contributed by atoms with van der Waals surface area (Å²) < 4.78 is 0. The number of likely N-dealkylation sites (N-methyl/N-ethyl adjacent to an activating group) is 1. The van der Waals surface area contributed by atoms with Crippen molar-refractivity contribution in [3.63, 3.8) is 0 Å². The smallest absolute Gasteiger partial charge is 0.237 e. The number of nitrogens with two attached hydrogens (primary N) is 1. The van der Waals surface area contributed by atoms with Crippen LogP contribution in [-0.2, 0) is 4.79 Å². The predicted octanol–water partition coefficient (Wildman–Crippen LogP) is 1.88. The summed E-state index contributed by atoms with van der Waals surface area (Å²) in [6.07, 6.45) is 9.07. The van der Waals surface area contributed by atoms with Gasteiger partial charge in [-0.15, -0.1) is 0 Å². The summed E-state index contributed by atoms with van der Waals surface area (Å²) in [7, 11) is 0. The van der Waals surface area contributed by atoms with E-state index >= 15 is 0 Å². The van der Waals surface area contributed by atoms with E-state index in [1.165, 1.54) is 45.1 Å². The van der Waals surface area contributed by atoms with Crippen LogP contribution in [0.5, 0.6) is 0 Å². The Morgan fingerprint density at radius 1 is 1.30 bits per heavy atom. The van der Waals surface area contributed by atoms with Gasteiger partial charge in [-0.3, -0.25) is 4.79 Å². The SMILES string of the molecule is CCNC(C)(CCN1CCCC2CCCCC21)C(N)=O. The molecule has 3 N–H and O–H groups in total. The number of piperidine rings is 1. The van der Waals surface area contributed by atoms with Gasteiger partial charge in [0, 0.05) is 12.6 Å². The van der Waals surface area contributed by atoms with E-state index < -0.39 is 5.54 Å². The highest BCUT2D eigenvalue weighted by atomic mass is 16.1. The van der Waals surface area contributed by atoms with Crippen LogP contribution in [0, 0.1) is 5.92 Å². The van der Waals surface area contributed by atoms with Gasteiger partial charge < -0.3 is 16.0 Å². The van der Waals surface area contributed by atoms with E-state index in [1.54, 1.807) is 0 Å². The predicted molar refractivity (Wildman–Crippen MR) is 82.4 cm³/mol. The molecule has 116 valence electrons. The zero-order valence-electron chi connectivity index (χ0n) is 13.2. The highest BCUT2D eigenvalue weighted by Crippen LogP contribution is 2.35. The Kier molecular flexibility index (Phi) is 5.44. The molecule has 1 saturated carbocycles. The lowest BCUT2D eigenvalue weighted by molar-refractivity contribution is -0.124. The third-order valence-electron chi connectivity index (χ3n) is 5.37. The highest BCUT2D eigenvalue weighted by Gasteiger charge is 2.35. The first kappa shape index (κ1) is 15.8. The number of rotatable bonds is 6. The molecule has 4 nitrogen and oxygen atoms in total. The van der Waals surface area contributed by atoms with Crippen LogP contribution in [0.2, 0.25) is 0 Å². The van der Waals surface area contributed by atoms with Crippen molar-refractivity contribution in [3.8, 4) is 0 Å². The van der Waals surface area contributed by atoms with Gasteiger partial charge in [-0.05, 0) is 58.0 Å². The second-order valence-corrected chi connectivity index (χ2v) is 6.77. The molecule has 0 spiro atoms. The molecule has 2 aliphatic rings. The van der Waals surface area contributed by atoms with Crippen LogP contribution >= 0.6 is 0 Å². The Morgan fingerprint density at radius 2 is 2.00 bits per heavy atom. The number of nitrogens with zero attached hydrogens (tertiary/aromatic N) is 1. The second kappa shape index (κ2) is 6.90. The lowest BCUT2D eigenvalue weighted by Gasteiger charge is -2.45. The number of carbonyl (C=O) groups excluding carboxylic acids is 1. The lowest BCUT2D eigenvalue weighted by atomic mass is 9.78. The quantitative estimate of drug-likeness (QED) is 0.781. The largest absolute Gasteiger partial charge is 0.368 e. The van der Waals surface area contributed by atoms with E-state index in [1.807, 2.05) is 13.8 Å². The maximum atomic E-state index is 11.7. The Hall–Kier alpha value is -0.610. The molecule has 20 heavy (non-hydrogen) atoms. The number of hydrogen-bond donors (Lipinski definition) is 2. The van der Waals surface area contributed by atoms with Crippen LogP contribution in [0.4, 0.5) is 0 Å². The number of fused-ring (bicyclic) bond motifs is 1. The average molecular weight is 281 g/mol. The van der Waals surface area contributed by atoms with Crippen molar-refractivity contribution < 1.29 is 4.79 Å². The van der Waals surface area contributed by atoms with Gasteiger partial charge in [-0.1, -0.05) is 19.8 Å². The molecule has 1 aliphatic carbocycles. The van der Waals surface area contributed by atoms with Crippen LogP contribution in [0.25, 0.3) is 0 Å². The first-order chi connectivity index (χ1) is 9.57. The molecule has 0 radical (unpaired) electrons. The van der Waals surface area contributed by atoms with Crippen molar-refractivity contribution in [2.45, 2.75) is 70.4 Å². The third kappa shape index (κ3) is 3.53. The van der Waals surface area contributed by atoms with Crippen molar-refractivity contribution >= 4 is 5.91 Å². The minimum absolute atomic E-state index is 0.225. The molecule has 1 saturated heterocycles. The summed E-state index contributed by atoms with van der Waals surface area (Å²) in [4.78, 5) is 14.3. The van der Waals surface area contributed by atoms with E-state index in [2.05, 4.69) is 10.2 Å². The molecule has 1 heterocycles. The van der Waals surface area contributed by atoms with Crippen LogP contribution < -0.4 is 11.1 Å². The lowest BCUT2D eigenvalue weighted by Crippen LogP contribution is -2.56. The van der Waals surface area contributed by atoms with E-state index in [4.69, 9.17) is 5.73 Å². The van der Waals surface area contributed by atoms with Crippen LogP contribution in [0.15, 0.2) is 0 Å².